The highest BCUT2D eigenvalue weighted by Crippen LogP contribution is 2.66. The number of benzene rings is 1. The molecular weight excluding hydrogens is 259 g/mol. The van der Waals surface area contributed by atoms with Gasteiger partial charge in [0, 0.05) is 0 Å². The average Bonchev–Trinajstić information content (AvgIpc) is 2.11. The first-order chi connectivity index (χ1) is 8.76. The molecule has 0 nitrogen and oxygen atoms in total. The van der Waals surface area contributed by atoms with E-state index in [0.29, 0.717) is 15.5 Å². The second kappa shape index (κ2) is 7.08. The van der Waals surface area contributed by atoms with Gasteiger partial charge in [-0.05, 0) is 22.4 Å². The van der Waals surface area contributed by atoms with Gasteiger partial charge in [-0.15, -0.1) is 0 Å². The Kier molecular flexibility index (Phi) is 6.95. The molecule has 0 bridgehead atoms. The van der Waals surface area contributed by atoms with Crippen molar-refractivity contribution in [3.05, 3.63) is 35.9 Å². The Morgan fingerprint density at radius 1 is 0.600 bits per heavy atom. The monoisotopic (exact) mass is 294 g/mol. The van der Waals surface area contributed by atoms with Gasteiger partial charge < -0.3 is 0 Å². The van der Waals surface area contributed by atoms with Crippen LogP contribution >= 0.6 is 7.92 Å². The summed E-state index contributed by atoms with van der Waals surface area (Å²) >= 11 is 0. The lowest BCUT2D eigenvalue weighted by Crippen LogP contribution is -2.34. The maximum Gasteiger partial charge on any atom is -0.0170 e. The summed E-state index contributed by atoms with van der Waals surface area (Å²) in [6, 6.07) is 10.3. The fourth-order valence-electron chi connectivity index (χ4n) is 3.55. The lowest BCUT2D eigenvalue weighted by molar-refractivity contribution is 0.644. The van der Waals surface area contributed by atoms with Crippen molar-refractivity contribution in [1.82, 2.24) is 0 Å². The van der Waals surface area contributed by atoms with Gasteiger partial charge >= 0.3 is 0 Å². The molecule has 1 heteroatoms. The van der Waals surface area contributed by atoms with Crippen molar-refractivity contribution in [2.45, 2.75) is 84.7 Å². The zero-order valence-corrected chi connectivity index (χ0v) is 16.2. The minimum atomic E-state index is 0.0162. The number of hydrogen-bond donors (Lipinski definition) is 0. The number of hydrogen-bond acceptors (Lipinski definition) is 0. The van der Waals surface area contributed by atoms with Crippen LogP contribution in [0.15, 0.2) is 30.3 Å². The standard InChI is InChI=1S/C12H27P.C7H8/c1-10(2,3)13(11(4,5)6)12(7,8)9;1-7-5-3-2-4-6-7/h1-9H3;2-6H,1H3. The molecule has 1 rings (SSSR count). The lowest BCUT2D eigenvalue weighted by atomic mass is 10.2. The minimum Gasteiger partial charge on any atom is -0.0901 e. The van der Waals surface area contributed by atoms with E-state index in [4.69, 9.17) is 0 Å². The molecule has 0 N–H and O–H groups in total. The van der Waals surface area contributed by atoms with Crippen LogP contribution in [0.1, 0.15) is 67.9 Å². The summed E-state index contributed by atoms with van der Waals surface area (Å²) in [5.41, 5.74) is 1.32. The second-order valence-electron chi connectivity index (χ2n) is 8.50. The Hall–Kier alpha value is -0.350. The average molecular weight is 294 g/mol. The fourth-order valence-corrected chi connectivity index (χ4v) is 9.59. The van der Waals surface area contributed by atoms with Crippen molar-refractivity contribution in [2.24, 2.45) is 0 Å². The van der Waals surface area contributed by atoms with Gasteiger partial charge in [-0.2, -0.15) is 0 Å². The van der Waals surface area contributed by atoms with Gasteiger partial charge in [0.1, 0.15) is 0 Å². The molecule has 0 spiro atoms. The molecule has 0 heterocycles. The van der Waals surface area contributed by atoms with E-state index in [1.54, 1.807) is 0 Å². The maximum absolute atomic E-state index is 2.38. The minimum absolute atomic E-state index is 0.0162. The van der Waals surface area contributed by atoms with Crippen LogP contribution in [0.25, 0.3) is 0 Å². The second-order valence-corrected chi connectivity index (χ2v) is 13.2. The van der Waals surface area contributed by atoms with Crippen LogP contribution in [0.5, 0.6) is 0 Å². The molecule has 0 aliphatic rings. The van der Waals surface area contributed by atoms with E-state index >= 15 is 0 Å². The van der Waals surface area contributed by atoms with Crippen LogP contribution in [-0.2, 0) is 0 Å². The van der Waals surface area contributed by atoms with Gasteiger partial charge in [-0.3, -0.25) is 0 Å². The van der Waals surface area contributed by atoms with E-state index in [2.05, 4.69) is 81.4 Å². The molecule has 0 saturated carbocycles. The van der Waals surface area contributed by atoms with Crippen molar-refractivity contribution >= 4 is 7.92 Å². The summed E-state index contributed by atoms with van der Waals surface area (Å²) in [6.45, 7) is 23.5. The molecule has 0 aliphatic heterocycles. The summed E-state index contributed by atoms with van der Waals surface area (Å²) in [5.74, 6) is 0. The Balaban J connectivity index is 0.000000428. The highest BCUT2D eigenvalue weighted by Gasteiger charge is 2.41. The van der Waals surface area contributed by atoms with Crippen molar-refractivity contribution in [2.75, 3.05) is 0 Å². The molecule has 0 atom stereocenters. The predicted octanol–water partition coefficient (Wildman–Crippen LogP) is 6.86. The SMILES string of the molecule is CC(C)(C)P(C(C)(C)C)C(C)(C)C.Cc1ccccc1. The molecular formula is C19H35P. The van der Waals surface area contributed by atoms with E-state index in [1.165, 1.54) is 5.56 Å². The molecule has 1 aromatic carbocycles. The van der Waals surface area contributed by atoms with Gasteiger partial charge in [0.2, 0.25) is 0 Å². The molecule has 0 aliphatic carbocycles. The van der Waals surface area contributed by atoms with E-state index in [9.17, 15) is 0 Å². The quantitative estimate of drug-likeness (QED) is 0.458. The Morgan fingerprint density at radius 2 is 0.900 bits per heavy atom. The molecule has 0 amide bonds. The van der Waals surface area contributed by atoms with Crippen LogP contribution in [0, 0.1) is 6.92 Å². The third-order valence-corrected chi connectivity index (χ3v) is 6.98. The van der Waals surface area contributed by atoms with Gasteiger partial charge in [0.25, 0.3) is 0 Å². The topological polar surface area (TPSA) is 0 Å². The molecule has 116 valence electrons. The largest absolute Gasteiger partial charge is 0.0901 e. The van der Waals surface area contributed by atoms with Gasteiger partial charge in [0.15, 0.2) is 0 Å². The maximum atomic E-state index is 2.38. The zero-order chi connectivity index (χ0) is 16.2. The summed E-state index contributed by atoms with van der Waals surface area (Å²) in [6.07, 6.45) is 0. The van der Waals surface area contributed by atoms with Crippen LogP contribution < -0.4 is 0 Å². The van der Waals surface area contributed by atoms with Crippen molar-refractivity contribution in [3.8, 4) is 0 Å². The van der Waals surface area contributed by atoms with Gasteiger partial charge in [0.05, 0.1) is 0 Å². The van der Waals surface area contributed by atoms with E-state index in [1.807, 2.05) is 18.2 Å². The van der Waals surface area contributed by atoms with E-state index in [-0.39, 0.29) is 7.92 Å². The molecule has 0 saturated heterocycles. The number of aryl methyl sites for hydroxylation is 1. The zero-order valence-electron chi connectivity index (χ0n) is 15.3. The van der Waals surface area contributed by atoms with Crippen molar-refractivity contribution < 1.29 is 0 Å². The Labute approximate surface area is 129 Å². The first kappa shape index (κ1) is 19.7. The summed E-state index contributed by atoms with van der Waals surface area (Å²) in [5, 5.41) is 1.35. The third-order valence-electron chi connectivity index (χ3n) is 2.95. The van der Waals surface area contributed by atoms with Crippen LogP contribution in [0.2, 0.25) is 0 Å². The van der Waals surface area contributed by atoms with Crippen LogP contribution in [0.3, 0.4) is 0 Å². The highest BCUT2D eigenvalue weighted by atomic mass is 31.1. The summed E-state index contributed by atoms with van der Waals surface area (Å²) in [4.78, 5) is 0. The van der Waals surface area contributed by atoms with E-state index < -0.39 is 0 Å². The Bertz CT molecular complexity index is 338. The molecule has 0 fully saturated rings. The first-order valence-corrected chi connectivity index (χ1v) is 8.92. The number of rotatable bonds is 0. The molecule has 0 unspecified atom stereocenters. The highest BCUT2D eigenvalue weighted by molar-refractivity contribution is 7.62. The fraction of sp³-hybridized carbons (Fsp3) is 0.684. The third kappa shape index (κ3) is 7.44. The molecule has 0 radical (unpaired) electrons. The van der Waals surface area contributed by atoms with Crippen molar-refractivity contribution in [3.63, 3.8) is 0 Å². The van der Waals surface area contributed by atoms with Crippen molar-refractivity contribution in [1.29, 1.82) is 0 Å². The predicted molar refractivity (Wildman–Crippen MR) is 97.4 cm³/mol. The van der Waals surface area contributed by atoms with Crippen LogP contribution in [-0.4, -0.2) is 15.5 Å². The van der Waals surface area contributed by atoms with E-state index in [0.717, 1.165) is 0 Å². The lowest BCUT2D eigenvalue weighted by Gasteiger charge is -2.49. The smallest absolute Gasteiger partial charge is 0.0170 e. The molecule has 20 heavy (non-hydrogen) atoms. The summed E-state index contributed by atoms with van der Waals surface area (Å²) in [7, 11) is 0.0162. The molecule has 0 aromatic heterocycles. The normalized spacial score (nSPS) is 12.9. The summed E-state index contributed by atoms with van der Waals surface area (Å²) < 4.78 is 0. The van der Waals surface area contributed by atoms with Crippen LogP contribution in [0.4, 0.5) is 0 Å². The first-order valence-electron chi connectivity index (χ1n) is 7.58. The van der Waals surface area contributed by atoms with Gasteiger partial charge in [-0.1, -0.05) is 106 Å². The molecule has 1 aromatic rings. The Morgan fingerprint density at radius 3 is 1.00 bits per heavy atom. The van der Waals surface area contributed by atoms with Gasteiger partial charge in [-0.25, -0.2) is 0 Å².